The SMILES string of the molecule is C=CCOC1CCCCCCC1[Se]c1ccccc1. The van der Waals surface area contributed by atoms with Crippen LogP contribution < -0.4 is 4.46 Å². The molecule has 1 saturated carbocycles. The third-order valence-corrected chi connectivity index (χ3v) is 6.51. The van der Waals surface area contributed by atoms with Crippen LogP contribution >= 0.6 is 0 Å². The van der Waals surface area contributed by atoms with Crippen molar-refractivity contribution >= 4 is 19.4 Å². The molecule has 0 bridgehead atoms. The zero-order chi connectivity index (χ0) is 13.3. The van der Waals surface area contributed by atoms with Gasteiger partial charge in [0.25, 0.3) is 0 Å². The summed E-state index contributed by atoms with van der Waals surface area (Å²) >= 11 is 0.532. The molecule has 1 aromatic carbocycles. The van der Waals surface area contributed by atoms with Gasteiger partial charge in [-0.1, -0.05) is 0 Å². The maximum absolute atomic E-state index is 6.05. The molecule has 0 N–H and O–H groups in total. The predicted octanol–water partition coefficient (Wildman–Crippen LogP) is 3.73. The molecule has 0 amide bonds. The van der Waals surface area contributed by atoms with Crippen LogP contribution in [0.4, 0.5) is 0 Å². The zero-order valence-corrected chi connectivity index (χ0v) is 13.3. The molecule has 2 heteroatoms. The molecular formula is C17H24OSe. The van der Waals surface area contributed by atoms with Crippen molar-refractivity contribution in [1.29, 1.82) is 0 Å². The molecule has 1 fully saturated rings. The zero-order valence-electron chi connectivity index (χ0n) is 11.6. The van der Waals surface area contributed by atoms with Crippen LogP contribution in [-0.4, -0.2) is 27.7 Å². The molecule has 1 aliphatic rings. The monoisotopic (exact) mass is 324 g/mol. The molecule has 0 spiro atoms. The minimum absolute atomic E-state index is 0.443. The molecule has 0 radical (unpaired) electrons. The Labute approximate surface area is 123 Å². The van der Waals surface area contributed by atoms with E-state index in [2.05, 4.69) is 36.9 Å². The van der Waals surface area contributed by atoms with Gasteiger partial charge in [0.2, 0.25) is 0 Å². The number of hydrogen-bond acceptors (Lipinski definition) is 1. The van der Waals surface area contributed by atoms with E-state index >= 15 is 0 Å². The summed E-state index contributed by atoms with van der Waals surface area (Å²) in [5.74, 6) is 0. The molecule has 0 saturated heterocycles. The number of rotatable bonds is 5. The second kappa shape index (κ2) is 8.58. The van der Waals surface area contributed by atoms with Crippen molar-refractivity contribution < 1.29 is 4.74 Å². The van der Waals surface area contributed by atoms with Crippen molar-refractivity contribution in [3.05, 3.63) is 43.0 Å². The Morgan fingerprint density at radius 1 is 1.11 bits per heavy atom. The first-order chi connectivity index (χ1) is 9.40. The molecule has 2 unspecified atom stereocenters. The van der Waals surface area contributed by atoms with E-state index in [9.17, 15) is 0 Å². The first kappa shape index (κ1) is 14.8. The molecule has 104 valence electrons. The Kier molecular flexibility index (Phi) is 6.70. The third-order valence-electron chi connectivity index (χ3n) is 3.60. The third kappa shape index (κ3) is 5.14. The molecule has 0 aromatic heterocycles. The Morgan fingerprint density at radius 3 is 2.58 bits per heavy atom. The topological polar surface area (TPSA) is 9.23 Å². The van der Waals surface area contributed by atoms with E-state index in [1.807, 2.05) is 6.08 Å². The molecule has 19 heavy (non-hydrogen) atoms. The van der Waals surface area contributed by atoms with Gasteiger partial charge in [0.1, 0.15) is 0 Å². The van der Waals surface area contributed by atoms with Crippen LogP contribution in [0.15, 0.2) is 43.0 Å². The van der Waals surface area contributed by atoms with Gasteiger partial charge in [0, 0.05) is 0 Å². The van der Waals surface area contributed by atoms with Crippen LogP contribution in [0, 0.1) is 0 Å². The molecular weight excluding hydrogens is 299 g/mol. The van der Waals surface area contributed by atoms with Gasteiger partial charge >= 0.3 is 123 Å². The van der Waals surface area contributed by atoms with Gasteiger partial charge in [0.05, 0.1) is 0 Å². The van der Waals surface area contributed by atoms with E-state index in [0.717, 1.165) is 4.82 Å². The van der Waals surface area contributed by atoms with E-state index in [0.29, 0.717) is 27.7 Å². The molecule has 0 aliphatic heterocycles. The van der Waals surface area contributed by atoms with Gasteiger partial charge in [-0.15, -0.1) is 0 Å². The van der Waals surface area contributed by atoms with Gasteiger partial charge in [-0.3, -0.25) is 0 Å². The minimum atomic E-state index is 0.443. The van der Waals surface area contributed by atoms with Crippen LogP contribution in [0.2, 0.25) is 4.82 Å². The summed E-state index contributed by atoms with van der Waals surface area (Å²) < 4.78 is 7.56. The second-order valence-electron chi connectivity index (χ2n) is 5.12. The summed E-state index contributed by atoms with van der Waals surface area (Å²) in [6.07, 6.45) is 10.3. The maximum atomic E-state index is 6.05. The Balaban J connectivity index is 1.99. The van der Waals surface area contributed by atoms with Crippen molar-refractivity contribution in [3.63, 3.8) is 0 Å². The Bertz CT molecular complexity index is 363. The first-order valence-electron chi connectivity index (χ1n) is 7.34. The first-order valence-corrected chi connectivity index (χ1v) is 9.19. The van der Waals surface area contributed by atoms with Crippen LogP contribution in [-0.2, 0) is 4.74 Å². The average Bonchev–Trinajstić information content (AvgIpc) is 2.43. The van der Waals surface area contributed by atoms with Gasteiger partial charge in [-0.05, 0) is 0 Å². The van der Waals surface area contributed by atoms with E-state index in [-0.39, 0.29) is 0 Å². The van der Waals surface area contributed by atoms with Gasteiger partial charge in [0.15, 0.2) is 0 Å². The number of hydrogen-bond donors (Lipinski definition) is 0. The number of ether oxygens (including phenoxy) is 1. The van der Waals surface area contributed by atoms with Crippen molar-refractivity contribution in [3.8, 4) is 0 Å². The van der Waals surface area contributed by atoms with E-state index in [1.165, 1.54) is 43.0 Å². The fourth-order valence-electron chi connectivity index (χ4n) is 2.61. The standard InChI is InChI=1S/C17H24OSe/c1-2-14-18-16-12-8-3-4-9-13-17(16)19-15-10-6-5-7-11-15/h2,5-7,10-11,16-17H,1,3-4,8-9,12-14H2. The van der Waals surface area contributed by atoms with Crippen molar-refractivity contribution in [2.45, 2.75) is 49.4 Å². The van der Waals surface area contributed by atoms with Crippen LogP contribution in [0.5, 0.6) is 0 Å². The van der Waals surface area contributed by atoms with Gasteiger partial charge in [-0.25, -0.2) is 0 Å². The van der Waals surface area contributed by atoms with Crippen LogP contribution in [0.25, 0.3) is 0 Å². The second-order valence-corrected chi connectivity index (χ2v) is 7.88. The molecule has 1 aliphatic carbocycles. The van der Waals surface area contributed by atoms with Crippen molar-refractivity contribution in [2.75, 3.05) is 6.61 Å². The van der Waals surface area contributed by atoms with E-state index in [1.54, 1.807) is 0 Å². The van der Waals surface area contributed by atoms with E-state index < -0.39 is 0 Å². The van der Waals surface area contributed by atoms with Crippen LogP contribution in [0.3, 0.4) is 0 Å². The van der Waals surface area contributed by atoms with Crippen molar-refractivity contribution in [2.24, 2.45) is 0 Å². The summed E-state index contributed by atoms with van der Waals surface area (Å²) in [5, 5.41) is 0. The summed E-state index contributed by atoms with van der Waals surface area (Å²) in [6.45, 7) is 4.48. The Morgan fingerprint density at radius 2 is 1.84 bits per heavy atom. The summed E-state index contributed by atoms with van der Waals surface area (Å²) in [7, 11) is 0. The fraction of sp³-hybridized carbons (Fsp3) is 0.529. The normalized spacial score (nSPS) is 24.4. The molecule has 2 atom stereocenters. The summed E-state index contributed by atoms with van der Waals surface area (Å²) in [4.78, 5) is 0.732. The van der Waals surface area contributed by atoms with Crippen LogP contribution in [0.1, 0.15) is 38.5 Å². The molecule has 1 nitrogen and oxygen atoms in total. The van der Waals surface area contributed by atoms with E-state index in [4.69, 9.17) is 4.74 Å². The van der Waals surface area contributed by atoms with Crippen molar-refractivity contribution in [1.82, 2.24) is 0 Å². The predicted molar refractivity (Wildman–Crippen MR) is 83.2 cm³/mol. The van der Waals surface area contributed by atoms with Gasteiger partial charge in [-0.2, -0.15) is 0 Å². The fourth-order valence-corrected chi connectivity index (χ4v) is 5.37. The number of benzene rings is 1. The Hall–Kier alpha value is -0.561. The molecule has 0 heterocycles. The quantitative estimate of drug-likeness (QED) is 0.593. The molecule has 1 aromatic rings. The molecule has 2 rings (SSSR count). The summed E-state index contributed by atoms with van der Waals surface area (Å²) in [5.41, 5.74) is 0. The van der Waals surface area contributed by atoms with Gasteiger partial charge < -0.3 is 0 Å². The average molecular weight is 323 g/mol. The summed E-state index contributed by atoms with van der Waals surface area (Å²) in [6, 6.07) is 10.9.